The van der Waals surface area contributed by atoms with Gasteiger partial charge in [0.25, 0.3) is 0 Å². The average molecular weight is 489 g/mol. The van der Waals surface area contributed by atoms with E-state index in [-0.39, 0.29) is 124 Å². The SMILES string of the molecule is [Ge].[La].[La].[La]. The van der Waals surface area contributed by atoms with E-state index in [0.29, 0.717) is 0 Å². The Kier molecular flexibility index (Phi) is 95.2. The second-order valence-corrected chi connectivity index (χ2v) is 0. The maximum atomic E-state index is 0. The molecule has 0 atom stereocenters. The summed E-state index contributed by atoms with van der Waals surface area (Å²) in [6.07, 6.45) is 0. The topological polar surface area (TPSA) is 0 Å². The molecule has 4 heteroatoms. The minimum absolute atomic E-state index is 0. The van der Waals surface area contributed by atoms with Gasteiger partial charge in [-0.3, -0.25) is 0 Å². The molecule has 0 amide bonds. The summed E-state index contributed by atoms with van der Waals surface area (Å²) in [7, 11) is 0. The van der Waals surface area contributed by atoms with Crippen molar-refractivity contribution < 1.29 is 107 Å². The van der Waals surface area contributed by atoms with Gasteiger partial charge in [-0.05, 0) is 0 Å². The molecule has 0 saturated heterocycles. The summed E-state index contributed by atoms with van der Waals surface area (Å²) in [5.41, 5.74) is 0. The van der Waals surface area contributed by atoms with Gasteiger partial charge in [0, 0.05) is 124 Å². The third kappa shape index (κ3) is 9.46. The van der Waals surface area contributed by atoms with Crippen LogP contribution in [0.5, 0.6) is 0 Å². The van der Waals surface area contributed by atoms with Gasteiger partial charge in [0.15, 0.2) is 0 Å². The van der Waals surface area contributed by atoms with Crippen LogP contribution in [-0.2, 0) is 0 Å². The van der Waals surface area contributed by atoms with E-state index in [1.807, 2.05) is 0 Å². The maximum Gasteiger partial charge on any atom is 0 e. The molecule has 0 aliphatic carbocycles. The molecule has 0 fully saturated rings. The van der Waals surface area contributed by atoms with E-state index in [0.717, 1.165) is 0 Å². The van der Waals surface area contributed by atoms with Gasteiger partial charge in [0.1, 0.15) is 0 Å². The third-order valence-electron chi connectivity index (χ3n) is 0. The van der Waals surface area contributed by atoms with Crippen LogP contribution < -0.4 is 0 Å². The minimum Gasteiger partial charge on any atom is 0 e. The van der Waals surface area contributed by atoms with Gasteiger partial charge in [-0.2, -0.15) is 0 Å². The Morgan fingerprint density at radius 3 is 0.500 bits per heavy atom. The van der Waals surface area contributed by atoms with Crippen molar-refractivity contribution >= 4 is 17.6 Å². The summed E-state index contributed by atoms with van der Waals surface area (Å²) < 4.78 is 0. The van der Waals surface area contributed by atoms with Crippen molar-refractivity contribution in [1.29, 1.82) is 0 Å². The van der Waals surface area contributed by atoms with Crippen LogP contribution in [0.1, 0.15) is 0 Å². The largest absolute Gasteiger partial charge is 0 e. The molecule has 0 aromatic rings. The zero-order chi connectivity index (χ0) is 0. The Morgan fingerprint density at radius 2 is 0.500 bits per heavy atom. The number of hydrogen-bond acceptors (Lipinski definition) is 0. The molecule has 0 unspecified atom stereocenters. The number of hydrogen-bond donors (Lipinski definition) is 0. The van der Waals surface area contributed by atoms with Crippen molar-refractivity contribution in [2.45, 2.75) is 0 Å². The van der Waals surface area contributed by atoms with Crippen LogP contribution in [0.25, 0.3) is 0 Å². The summed E-state index contributed by atoms with van der Waals surface area (Å²) in [5, 5.41) is 0. The molecule has 0 rings (SSSR count). The molecule has 0 N–H and O–H groups in total. The molecule has 0 aliphatic heterocycles. The summed E-state index contributed by atoms with van der Waals surface area (Å²) in [6, 6.07) is 0. The first kappa shape index (κ1) is 24.2. The molecule has 0 bridgehead atoms. The van der Waals surface area contributed by atoms with Crippen LogP contribution in [0.4, 0.5) is 0 Å². The molecule has 7 radical (unpaired) electrons. The molecular weight excluding hydrogens is 489 g/mol. The number of rotatable bonds is 0. The molecule has 4 heavy (non-hydrogen) atoms. The predicted octanol–water partition coefficient (Wildman–Crippen LogP) is -0.381. The normalized spacial score (nSPS) is 0. The van der Waals surface area contributed by atoms with E-state index in [9.17, 15) is 0 Å². The van der Waals surface area contributed by atoms with Gasteiger partial charge in [-0.15, -0.1) is 0 Å². The summed E-state index contributed by atoms with van der Waals surface area (Å²) in [5.74, 6) is 0. The van der Waals surface area contributed by atoms with Crippen molar-refractivity contribution in [2.24, 2.45) is 0 Å². The van der Waals surface area contributed by atoms with Gasteiger partial charge in [0.2, 0.25) is 0 Å². The molecular formula is GeLa3. The average Bonchev–Trinajstić information content (AvgIpc) is 0. The Morgan fingerprint density at radius 1 is 0.500 bits per heavy atom. The smallest absolute Gasteiger partial charge is 0 e. The molecule has 0 aliphatic rings. The van der Waals surface area contributed by atoms with Gasteiger partial charge >= 0.3 is 0 Å². The van der Waals surface area contributed by atoms with Gasteiger partial charge < -0.3 is 0 Å². The quantitative estimate of drug-likeness (QED) is 0.408. The summed E-state index contributed by atoms with van der Waals surface area (Å²) in [4.78, 5) is 0. The molecule has 0 saturated carbocycles. The summed E-state index contributed by atoms with van der Waals surface area (Å²) >= 11 is 0. The van der Waals surface area contributed by atoms with Crippen LogP contribution in [0.3, 0.4) is 0 Å². The summed E-state index contributed by atoms with van der Waals surface area (Å²) in [6.45, 7) is 0. The molecule has 0 spiro atoms. The fourth-order valence-electron chi connectivity index (χ4n) is 0. The Hall–Kier alpha value is 4.13. The molecule has 0 nitrogen and oxygen atoms in total. The fourth-order valence-corrected chi connectivity index (χ4v) is 0. The Labute approximate surface area is 121 Å². The van der Waals surface area contributed by atoms with Gasteiger partial charge in [0.05, 0.1) is 0 Å². The van der Waals surface area contributed by atoms with Gasteiger partial charge in [-0.25, -0.2) is 0 Å². The standard InChI is InChI=1S/Ge.3La. The van der Waals surface area contributed by atoms with E-state index in [4.69, 9.17) is 0 Å². The zero-order valence-corrected chi connectivity index (χ0v) is 15.2. The van der Waals surface area contributed by atoms with Crippen LogP contribution >= 0.6 is 0 Å². The van der Waals surface area contributed by atoms with E-state index >= 15 is 0 Å². The van der Waals surface area contributed by atoms with Crippen LogP contribution in [-0.4, -0.2) is 17.6 Å². The predicted molar refractivity (Wildman–Crippen MR) is 5.75 cm³/mol. The third-order valence-corrected chi connectivity index (χ3v) is 0. The first-order chi connectivity index (χ1) is 0. The van der Waals surface area contributed by atoms with Crippen LogP contribution in [0, 0.1) is 107 Å². The second kappa shape index (κ2) is 15.7. The van der Waals surface area contributed by atoms with Crippen molar-refractivity contribution in [3.8, 4) is 0 Å². The van der Waals surface area contributed by atoms with Crippen molar-refractivity contribution in [3.63, 3.8) is 0 Å². The Bertz CT molecular complexity index is 3.25. The van der Waals surface area contributed by atoms with E-state index < -0.39 is 0 Å². The second-order valence-electron chi connectivity index (χ2n) is 0. The van der Waals surface area contributed by atoms with Crippen molar-refractivity contribution in [2.75, 3.05) is 0 Å². The first-order valence-electron chi connectivity index (χ1n) is 0. The van der Waals surface area contributed by atoms with Crippen LogP contribution in [0.15, 0.2) is 0 Å². The van der Waals surface area contributed by atoms with Gasteiger partial charge in [-0.1, -0.05) is 0 Å². The Balaban J connectivity index is 0. The van der Waals surface area contributed by atoms with Crippen molar-refractivity contribution in [1.82, 2.24) is 0 Å². The van der Waals surface area contributed by atoms with E-state index in [2.05, 4.69) is 0 Å². The zero-order valence-electron chi connectivity index (χ0n) is 2.23. The van der Waals surface area contributed by atoms with Crippen molar-refractivity contribution in [3.05, 3.63) is 0 Å². The van der Waals surface area contributed by atoms with Crippen LogP contribution in [0.2, 0.25) is 0 Å². The van der Waals surface area contributed by atoms with E-state index in [1.165, 1.54) is 0 Å². The molecule has 0 heterocycles. The molecule has 0 aromatic heterocycles. The fraction of sp³-hybridized carbons (Fsp3) is 0. The minimum atomic E-state index is 0. The van der Waals surface area contributed by atoms with E-state index in [1.54, 1.807) is 0 Å². The maximum absolute atomic E-state index is 0. The molecule has 0 aromatic carbocycles. The first-order valence-corrected chi connectivity index (χ1v) is 0. The monoisotopic (exact) mass is 491 g/mol. The molecule has 13 valence electrons.